The Hall–Kier alpha value is -9.20. The van der Waals surface area contributed by atoms with Crippen molar-refractivity contribution in [3.05, 3.63) is 219 Å². The first kappa shape index (κ1) is 37.2. The standard InChI is InChI=1S/C60H36N6O/c1-3-11-37(12-4-1)58-62-59(38-13-5-2-6-14-38)64-60(63-58)66-53-18-10-8-16-47(53)49-34-44(24-27-55(49)66)42-22-20-39-31-41(21-19-40(39)32-42)43-23-26-54-48(33-43)46-15-7-9-17-52(46)65(54)45-25-28-56-50(35-45)51-36-61-30-29-57(51)67-56/h1-36H. The topological polar surface area (TPSA) is 74.6 Å². The molecule has 0 amide bonds. The number of hydrogen-bond acceptors (Lipinski definition) is 5. The Morgan fingerprint density at radius 2 is 0.836 bits per heavy atom. The molecule has 0 aliphatic carbocycles. The predicted octanol–water partition coefficient (Wildman–Crippen LogP) is 15.2. The molecule has 7 heteroatoms. The van der Waals surface area contributed by atoms with Gasteiger partial charge in [0.1, 0.15) is 11.2 Å². The molecule has 0 aliphatic heterocycles. The van der Waals surface area contributed by atoms with Gasteiger partial charge in [-0.2, -0.15) is 9.97 Å². The molecule has 0 aliphatic rings. The smallest absolute Gasteiger partial charge is 0.238 e. The number of furan rings is 1. The molecule has 7 nitrogen and oxygen atoms in total. The first-order valence-electron chi connectivity index (χ1n) is 22.4. The predicted molar refractivity (Wildman–Crippen MR) is 273 cm³/mol. The maximum Gasteiger partial charge on any atom is 0.238 e. The van der Waals surface area contributed by atoms with E-state index in [2.05, 4.69) is 154 Å². The molecule has 0 spiro atoms. The Labute approximate surface area is 383 Å². The average Bonchev–Trinajstić information content (AvgIpc) is 4.06. The van der Waals surface area contributed by atoms with E-state index in [-0.39, 0.29) is 0 Å². The van der Waals surface area contributed by atoms with Crippen molar-refractivity contribution in [1.29, 1.82) is 0 Å². The zero-order valence-electron chi connectivity index (χ0n) is 35.9. The number of hydrogen-bond donors (Lipinski definition) is 0. The highest BCUT2D eigenvalue weighted by Gasteiger charge is 2.20. The molecule has 0 fully saturated rings. The Kier molecular flexibility index (Phi) is 8.15. The maximum atomic E-state index is 6.14. The third-order valence-corrected chi connectivity index (χ3v) is 13.3. The lowest BCUT2D eigenvalue weighted by Gasteiger charge is -2.11. The molecule has 5 aromatic heterocycles. The van der Waals surface area contributed by atoms with Crippen LogP contribution in [-0.2, 0) is 0 Å². The van der Waals surface area contributed by atoms with Gasteiger partial charge in [-0.05, 0) is 106 Å². The van der Waals surface area contributed by atoms with Crippen molar-refractivity contribution >= 4 is 76.3 Å². The lowest BCUT2D eigenvalue weighted by Crippen LogP contribution is -2.06. The lowest BCUT2D eigenvalue weighted by molar-refractivity contribution is 0.668. The summed E-state index contributed by atoms with van der Waals surface area (Å²) < 4.78 is 10.7. The number of nitrogens with zero attached hydrogens (tertiary/aromatic N) is 6. The summed E-state index contributed by atoms with van der Waals surface area (Å²) in [6.45, 7) is 0. The molecule has 0 radical (unpaired) electrons. The third-order valence-electron chi connectivity index (χ3n) is 13.3. The number of para-hydroxylation sites is 2. The van der Waals surface area contributed by atoms with Crippen LogP contribution >= 0.6 is 0 Å². The molecule has 0 N–H and O–H groups in total. The van der Waals surface area contributed by atoms with Crippen LogP contribution in [0.2, 0.25) is 0 Å². The molecule has 9 aromatic carbocycles. The zero-order valence-corrected chi connectivity index (χ0v) is 35.9. The van der Waals surface area contributed by atoms with Gasteiger partial charge in [0, 0.05) is 61.5 Å². The summed E-state index contributed by atoms with van der Waals surface area (Å²) in [6.07, 6.45) is 3.66. The summed E-state index contributed by atoms with van der Waals surface area (Å²) in [4.78, 5) is 19.5. The average molecular weight is 857 g/mol. The van der Waals surface area contributed by atoms with E-state index >= 15 is 0 Å². The van der Waals surface area contributed by atoms with Gasteiger partial charge in [0.25, 0.3) is 0 Å². The Balaban J connectivity index is 0.837. The quantitative estimate of drug-likeness (QED) is 0.167. The number of rotatable bonds is 6. The van der Waals surface area contributed by atoms with Gasteiger partial charge >= 0.3 is 0 Å². The second-order valence-corrected chi connectivity index (χ2v) is 17.1. The summed E-state index contributed by atoms with van der Waals surface area (Å²) >= 11 is 0. The molecular formula is C60H36N6O. The van der Waals surface area contributed by atoms with E-state index in [0.29, 0.717) is 17.6 Å². The van der Waals surface area contributed by atoms with Gasteiger partial charge in [-0.3, -0.25) is 9.55 Å². The van der Waals surface area contributed by atoms with Crippen LogP contribution in [0.25, 0.3) is 133 Å². The van der Waals surface area contributed by atoms with E-state index < -0.39 is 0 Å². The lowest BCUT2D eigenvalue weighted by atomic mass is 9.96. The number of fused-ring (bicyclic) bond motifs is 10. The molecule has 312 valence electrons. The van der Waals surface area contributed by atoms with Gasteiger partial charge in [-0.1, -0.05) is 133 Å². The summed E-state index contributed by atoms with van der Waals surface area (Å²) in [5, 5.41) is 9.15. The second-order valence-electron chi connectivity index (χ2n) is 17.1. The number of pyridine rings is 1. The van der Waals surface area contributed by atoms with Crippen LogP contribution in [0.1, 0.15) is 0 Å². The highest BCUT2D eigenvalue weighted by molar-refractivity contribution is 6.12. The van der Waals surface area contributed by atoms with Crippen LogP contribution < -0.4 is 0 Å². The molecule has 67 heavy (non-hydrogen) atoms. The molecule has 14 aromatic rings. The molecule has 5 heterocycles. The van der Waals surface area contributed by atoms with Gasteiger partial charge in [0.2, 0.25) is 5.95 Å². The normalized spacial score (nSPS) is 11.9. The van der Waals surface area contributed by atoms with Crippen molar-refractivity contribution in [3.8, 4) is 56.7 Å². The van der Waals surface area contributed by atoms with Crippen LogP contribution in [0.4, 0.5) is 0 Å². The summed E-state index contributed by atoms with van der Waals surface area (Å²) in [5.74, 6) is 1.84. The Bertz CT molecular complexity index is 4220. The first-order chi connectivity index (χ1) is 33.2. The third kappa shape index (κ3) is 5.99. The molecule has 0 unspecified atom stereocenters. The minimum absolute atomic E-state index is 0.581. The van der Waals surface area contributed by atoms with Crippen LogP contribution in [0, 0.1) is 0 Å². The maximum absolute atomic E-state index is 6.14. The van der Waals surface area contributed by atoms with E-state index in [0.717, 1.165) is 82.7 Å². The van der Waals surface area contributed by atoms with E-state index in [9.17, 15) is 0 Å². The van der Waals surface area contributed by atoms with E-state index in [1.807, 2.05) is 72.9 Å². The second kappa shape index (κ2) is 14.7. The van der Waals surface area contributed by atoms with Gasteiger partial charge in [-0.25, -0.2) is 4.98 Å². The number of aromatic nitrogens is 6. The Morgan fingerprint density at radius 1 is 0.328 bits per heavy atom. The van der Waals surface area contributed by atoms with Crippen molar-refractivity contribution in [3.63, 3.8) is 0 Å². The van der Waals surface area contributed by atoms with Crippen LogP contribution in [-0.4, -0.2) is 29.1 Å². The van der Waals surface area contributed by atoms with Crippen LogP contribution in [0.15, 0.2) is 223 Å². The molecule has 0 bridgehead atoms. The Morgan fingerprint density at radius 3 is 1.46 bits per heavy atom. The molecule has 14 rings (SSSR count). The van der Waals surface area contributed by atoms with Crippen molar-refractivity contribution in [2.45, 2.75) is 0 Å². The summed E-state index contributed by atoms with van der Waals surface area (Å²) in [7, 11) is 0. The van der Waals surface area contributed by atoms with E-state index in [4.69, 9.17) is 19.4 Å². The SMILES string of the molecule is c1ccc(-c2nc(-c3ccccc3)nc(-n3c4ccccc4c4cc(-c5ccc6cc(-c7ccc8c(c7)c7ccccc7n8-c7ccc8oc9ccncc9c8c7)ccc6c5)ccc43)n2)cc1. The van der Waals surface area contributed by atoms with Gasteiger partial charge in [-0.15, -0.1) is 0 Å². The summed E-state index contributed by atoms with van der Waals surface area (Å²) in [5.41, 5.74) is 13.7. The fourth-order valence-corrected chi connectivity index (χ4v) is 10.0. The molecule has 0 saturated heterocycles. The largest absolute Gasteiger partial charge is 0.456 e. The highest BCUT2D eigenvalue weighted by Crippen LogP contribution is 2.39. The first-order valence-corrected chi connectivity index (χ1v) is 22.4. The van der Waals surface area contributed by atoms with E-state index in [1.54, 1.807) is 6.20 Å². The summed E-state index contributed by atoms with van der Waals surface area (Å²) in [6, 6.07) is 72.9. The fraction of sp³-hybridized carbons (Fsp3) is 0. The van der Waals surface area contributed by atoms with Crippen molar-refractivity contribution in [1.82, 2.24) is 29.1 Å². The minimum atomic E-state index is 0.581. The zero-order chi connectivity index (χ0) is 44.0. The van der Waals surface area contributed by atoms with Crippen molar-refractivity contribution in [2.75, 3.05) is 0 Å². The highest BCUT2D eigenvalue weighted by atomic mass is 16.3. The van der Waals surface area contributed by atoms with Crippen molar-refractivity contribution < 1.29 is 4.42 Å². The van der Waals surface area contributed by atoms with Crippen LogP contribution in [0.5, 0.6) is 0 Å². The van der Waals surface area contributed by atoms with Gasteiger partial charge in [0.15, 0.2) is 11.6 Å². The van der Waals surface area contributed by atoms with Gasteiger partial charge in [0.05, 0.1) is 22.1 Å². The molecule has 0 atom stereocenters. The fourth-order valence-electron chi connectivity index (χ4n) is 10.0. The molecular weight excluding hydrogens is 821 g/mol. The minimum Gasteiger partial charge on any atom is -0.456 e. The monoisotopic (exact) mass is 856 g/mol. The van der Waals surface area contributed by atoms with E-state index in [1.165, 1.54) is 32.7 Å². The molecule has 0 saturated carbocycles. The van der Waals surface area contributed by atoms with Gasteiger partial charge < -0.3 is 8.98 Å². The number of benzene rings is 9. The van der Waals surface area contributed by atoms with Crippen LogP contribution in [0.3, 0.4) is 0 Å². The van der Waals surface area contributed by atoms with Crippen molar-refractivity contribution in [2.24, 2.45) is 0 Å².